The van der Waals surface area contributed by atoms with Crippen molar-refractivity contribution in [2.75, 3.05) is 13.2 Å². The maximum Gasteiger partial charge on any atom is 0.0641 e. The highest BCUT2D eigenvalue weighted by atomic mass is 35.5. The first kappa shape index (κ1) is 18.2. The second-order valence-electron chi connectivity index (χ2n) is 8.35. The third-order valence-electron chi connectivity index (χ3n) is 6.00. The third kappa shape index (κ3) is 4.53. The average molecular weight is 350 g/mol. The minimum Gasteiger partial charge on any atom is -0.375 e. The summed E-state index contributed by atoms with van der Waals surface area (Å²) in [4.78, 5) is 0. The van der Waals surface area contributed by atoms with Crippen molar-refractivity contribution in [3.63, 3.8) is 0 Å². The van der Waals surface area contributed by atoms with Crippen molar-refractivity contribution in [1.29, 1.82) is 0 Å². The van der Waals surface area contributed by atoms with Gasteiger partial charge >= 0.3 is 0 Å². The summed E-state index contributed by atoms with van der Waals surface area (Å²) in [5, 5.41) is 4.66. The molecule has 1 aromatic rings. The van der Waals surface area contributed by atoms with Gasteiger partial charge < -0.3 is 10.1 Å². The zero-order valence-corrected chi connectivity index (χ0v) is 16.0. The minimum atomic E-state index is 0.0224. The summed E-state index contributed by atoms with van der Waals surface area (Å²) in [6.07, 6.45) is 10.2. The first-order chi connectivity index (χ1) is 11.5. The van der Waals surface area contributed by atoms with Crippen LogP contribution in [0.3, 0.4) is 0 Å². The van der Waals surface area contributed by atoms with Gasteiger partial charge in [0.2, 0.25) is 0 Å². The van der Waals surface area contributed by atoms with Crippen LogP contribution >= 0.6 is 11.6 Å². The van der Waals surface area contributed by atoms with Gasteiger partial charge in [-0.15, -0.1) is 0 Å². The molecule has 1 saturated carbocycles. The fourth-order valence-electron chi connectivity index (χ4n) is 4.64. The molecule has 1 saturated heterocycles. The predicted molar refractivity (Wildman–Crippen MR) is 102 cm³/mol. The molecular weight excluding hydrogens is 318 g/mol. The van der Waals surface area contributed by atoms with E-state index in [1.165, 1.54) is 44.1 Å². The normalized spacial score (nSPS) is 26.2. The van der Waals surface area contributed by atoms with E-state index in [-0.39, 0.29) is 5.60 Å². The second-order valence-corrected chi connectivity index (χ2v) is 8.79. The second kappa shape index (κ2) is 7.76. The lowest BCUT2D eigenvalue weighted by molar-refractivity contribution is -0.0629. The summed E-state index contributed by atoms with van der Waals surface area (Å²) in [5.74, 6) is 0. The lowest BCUT2D eigenvalue weighted by Gasteiger charge is -2.40. The number of nitrogens with one attached hydrogen (secondary N) is 1. The summed E-state index contributed by atoms with van der Waals surface area (Å²) in [6.45, 7) is 6.39. The van der Waals surface area contributed by atoms with Gasteiger partial charge in [-0.05, 0) is 75.6 Å². The fourth-order valence-corrected chi connectivity index (χ4v) is 4.76. The number of rotatable bonds is 5. The largest absolute Gasteiger partial charge is 0.375 e. The SMILES string of the molecule is CC1(C)C[C@H](NCCC2(c3ccc(Cl)cc3)CCCCC2)CCO1. The van der Waals surface area contributed by atoms with Crippen molar-refractivity contribution >= 4 is 11.6 Å². The summed E-state index contributed by atoms with van der Waals surface area (Å²) in [6, 6.07) is 9.22. The van der Waals surface area contributed by atoms with Crippen LogP contribution in [0.25, 0.3) is 0 Å². The molecule has 2 nitrogen and oxygen atoms in total. The smallest absolute Gasteiger partial charge is 0.0641 e. The van der Waals surface area contributed by atoms with Crippen molar-refractivity contribution in [3.8, 4) is 0 Å². The van der Waals surface area contributed by atoms with Crippen LogP contribution in [-0.4, -0.2) is 24.8 Å². The Morgan fingerprint density at radius 1 is 1.12 bits per heavy atom. The van der Waals surface area contributed by atoms with E-state index in [4.69, 9.17) is 16.3 Å². The van der Waals surface area contributed by atoms with Crippen LogP contribution in [0.5, 0.6) is 0 Å². The molecule has 2 fully saturated rings. The van der Waals surface area contributed by atoms with Crippen molar-refractivity contribution in [3.05, 3.63) is 34.9 Å². The molecule has 1 atom stereocenters. The predicted octanol–water partition coefficient (Wildman–Crippen LogP) is 5.48. The lowest BCUT2D eigenvalue weighted by Crippen LogP contribution is -2.45. The summed E-state index contributed by atoms with van der Waals surface area (Å²) in [5.41, 5.74) is 1.85. The molecule has 3 rings (SSSR count). The third-order valence-corrected chi connectivity index (χ3v) is 6.25. The molecule has 1 heterocycles. The number of ether oxygens (including phenoxy) is 1. The highest BCUT2D eigenvalue weighted by Crippen LogP contribution is 2.42. The summed E-state index contributed by atoms with van der Waals surface area (Å²) < 4.78 is 5.84. The zero-order chi connectivity index (χ0) is 17.0. The van der Waals surface area contributed by atoms with Crippen LogP contribution < -0.4 is 5.32 Å². The number of benzene rings is 1. The zero-order valence-electron chi connectivity index (χ0n) is 15.2. The Morgan fingerprint density at radius 3 is 2.50 bits per heavy atom. The molecule has 134 valence electrons. The van der Waals surface area contributed by atoms with E-state index in [1.807, 2.05) is 0 Å². The summed E-state index contributed by atoms with van der Waals surface area (Å²) >= 11 is 6.10. The Bertz CT molecular complexity index is 519. The molecular formula is C21H32ClNO. The number of hydrogen-bond acceptors (Lipinski definition) is 2. The van der Waals surface area contributed by atoms with Crippen LogP contribution in [0.2, 0.25) is 5.02 Å². The van der Waals surface area contributed by atoms with Crippen molar-refractivity contribution in [2.24, 2.45) is 0 Å². The molecule has 0 spiro atoms. The molecule has 0 bridgehead atoms. The minimum absolute atomic E-state index is 0.0224. The highest BCUT2D eigenvalue weighted by molar-refractivity contribution is 6.30. The van der Waals surface area contributed by atoms with E-state index in [9.17, 15) is 0 Å². The Hall–Kier alpha value is -0.570. The first-order valence-corrected chi connectivity index (χ1v) is 10.0. The molecule has 3 heteroatoms. The van der Waals surface area contributed by atoms with Gasteiger partial charge in [0.1, 0.15) is 0 Å². The van der Waals surface area contributed by atoms with E-state index in [0.29, 0.717) is 11.5 Å². The van der Waals surface area contributed by atoms with E-state index in [1.54, 1.807) is 0 Å². The van der Waals surface area contributed by atoms with Gasteiger partial charge in [0.05, 0.1) is 5.60 Å². The Labute approximate surface area is 152 Å². The molecule has 0 amide bonds. The quantitative estimate of drug-likeness (QED) is 0.760. The molecule has 1 aliphatic carbocycles. The van der Waals surface area contributed by atoms with Crippen molar-refractivity contribution in [2.45, 2.75) is 82.3 Å². The molecule has 1 N–H and O–H groups in total. The van der Waals surface area contributed by atoms with Crippen LogP contribution in [0, 0.1) is 0 Å². The Balaban J connectivity index is 1.61. The van der Waals surface area contributed by atoms with Gasteiger partial charge in [0.25, 0.3) is 0 Å². The molecule has 0 radical (unpaired) electrons. The molecule has 0 unspecified atom stereocenters. The van der Waals surface area contributed by atoms with Gasteiger partial charge in [0, 0.05) is 17.7 Å². The van der Waals surface area contributed by atoms with Crippen molar-refractivity contribution < 1.29 is 4.74 Å². The average Bonchev–Trinajstić information content (AvgIpc) is 2.55. The number of hydrogen-bond donors (Lipinski definition) is 1. The summed E-state index contributed by atoms with van der Waals surface area (Å²) in [7, 11) is 0. The highest BCUT2D eigenvalue weighted by Gasteiger charge is 2.34. The topological polar surface area (TPSA) is 21.3 Å². The van der Waals surface area contributed by atoms with Gasteiger partial charge in [-0.3, -0.25) is 0 Å². The van der Waals surface area contributed by atoms with Crippen LogP contribution in [0.1, 0.15) is 70.8 Å². The van der Waals surface area contributed by atoms with E-state index in [2.05, 4.69) is 43.4 Å². The van der Waals surface area contributed by atoms with Gasteiger partial charge in [-0.25, -0.2) is 0 Å². The van der Waals surface area contributed by atoms with Crippen LogP contribution in [-0.2, 0) is 10.2 Å². The van der Waals surface area contributed by atoms with Gasteiger partial charge in [-0.1, -0.05) is 43.0 Å². The Kier molecular flexibility index (Phi) is 5.89. The molecule has 1 aromatic carbocycles. The maximum absolute atomic E-state index is 6.10. The standard InChI is InChI=1S/C21H32ClNO/c1-20(2)16-19(10-15-24-20)23-14-13-21(11-4-3-5-12-21)17-6-8-18(22)9-7-17/h6-9,19,23H,3-5,10-16H2,1-2H3/t19-/m1/s1. The Morgan fingerprint density at radius 2 is 1.83 bits per heavy atom. The molecule has 1 aliphatic heterocycles. The monoisotopic (exact) mass is 349 g/mol. The van der Waals surface area contributed by atoms with Gasteiger partial charge in [0.15, 0.2) is 0 Å². The molecule has 0 aromatic heterocycles. The number of halogens is 1. The molecule has 24 heavy (non-hydrogen) atoms. The van der Waals surface area contributed by atoms with Gasteiger partial charge in [-0.2, -0.15) is 0 Å². The first-order valence-electron chi connectivity index (χ1n) is 9.63. The molecule has 2 aliphatic rings. The van der Waals surface area contributed by atoms with Crippen molar-refractivity contribution in [1.82, 2.24) is 5.32 Å². The van der Waals surface area contributed by atoms with E-state index < -0.39 is 0 Å². The lowest BCUT2D eigenvalue weighted by atomic mass is 9.67. The van der Waals surface area contributed by atoms with E-state index in [0.717, 1.165) is 31.0 Å². The van der Waals surface area contributed by atoms with E-state index >= 15 is 0 Å². The van der Waals surface area contributed by atoms with Crippen LogP contribution in [0.4, 0.5) is 0 Å². The van der Waals surface area contributed by atoms with Crippen LogP contribution in [0.15, 0.2) is 24.3 Å². The maximum atomic E-state index is 6.10. The fraction of sp³-hybridized carbons (Fsp3) is 0.714.